The lowest BCUT2D eigenvalue weighted by atomic mass is 9.93. The molecule has 0 atom stereocenters. The fourth-order valence-electron chi connectivity index (χ4n) is 7.24. The molecular weight excluding hydrogens is 689 g/mol. The van der Waals surface area contributed by atoms with Gasteiger partial charge in [0.05, 0.1) is 11.2 Å². The summed E-state index contributed by atoms with van der Waals surface area (Å²) in [4.78, 5) is 21.2. The molecule has 3 heterocycles. The molecule has 3 aromatic heterocycles. The van der Waals surface area contributed by atoms with Gasteiger partial charge in [-0.15, -0.1) is 11.3 Å². The number of pyridine rings is 1. The number of benzene rings is 7. The van der Waals surface area contributed by atoms with Crippen LogP contribution in [0.2, 0.25) is 0 Å². The number of hydrogen-bond acceptors (Lipinski definition) is 5. The van der Waals surface area contributed by atoms with Crippen LogP contribution in [0.15, 0.2) is 194 Å². The molecular formula is C50H32N4S. The van der Waals surface area contributed by atoms with Crippen LogP contribution in [-0.4, -0.2) is 19.9 Å². The largest absolute Gasteiger partial charge is 0.247 e. The molecule has 0 radical (unpaired) electrons. The van der Waals surface area contributed by atoms with Crippen molar-refractivity contribution in [2.24, 2.45) is 0 Å². The van der Waals surface area contributed by atoms with Gasteiger partial charge in [0, 0.05) is 48.2 Å². The molecule has 0 spiro atoms. The van der Waals surface area contributed by atoms with Gasteiger partial charge in [-0.2, -0.15) is 0 Å². The minimum atomic E-state index is 0.641. The number of aromatic nitrogens is 4. The minimum absolute atomic E-state index is 0.641. The van der Waals surface area contributed by atoms with Crippen molar-refractivity contribution in [3.05, 3.63) is 194 Å². The Balaban J connectivity index is 1.06. The van der Waals surface area contributed by atoms with E-state index in [9.17, 15) is 0 Å². The predicted octanol–water partition coefficient (Wildman–Crippen LogP) is 13.3. The highest BCUT2D eigenvalue weighted by Gasteiger charge is 2.22. The van der Waals surface area contributed by atoms with Gasteiger partial charge < -0.3 is 0 Å². The number of nitrogens with zero attached hydrogens (tertiary/aromatic N) is 4. The molecule has 0 aliphatic carbocycles. The van der Waals surface area contributed by atoms with Gasteiger partial charge in [-0.3, -0.25) is 0 Å². The van der Waals surface area contributed by atoms with Crippen molar-refractivity contribution < 1.29 is 0 Å². The van der Waals surface area contributed by atoms with Gasteiger partial charge in [0.25, 0.3) is 0 Å². The molecule has 10 rings (SSSR count). The Morgan fingerprint density at radius 3 is 1.24 bits per heavy atom. The molecule has 4 nitrogen and oxygen atoms in total. The first-order chi connectivity index (χ1) is 27.3. The maximum absolute atomic E-state index is 5.30. The first kappa shape index (κ1) is 32.6. The van der Waals surface area contributed by atoms with E-state index in [1.54, 1.807) is 0 Å². The summed E-state index contributed by atoms with van der Waals surface area (Å²) >= 11 is 1.85. The van der Waals surface area contributed by atoms with Crippen LogP contribution < -0.4 is 0 Å². The van der Waals surface area contributed by atoms with Crippen LogP contribution >= 0.6 is 11.3 Å². The van der Waals surface area contributed by atoms with Crippen molar-refractivity contribution in [1.29, 1.82) is 0 Å². The van der Waals surface area contributed by atoms with Gasteiger partial charge in [0.1, 0.15) is 0 Å². The Labute approximate surface area is 323 Å². The topological polar surface area (TPSA) is 51.6 Å². The van der Waals surface area contributed by atoms with Crippen molar-refractivity contribution >= 4 is 32.3 Å². The summed E-state index contributed by atoms with van der Waals surface area (Å²) in [6.45, 7) is 0. The highest BCUT2D eigenvalue weighted by molar-refractivity contribution is 7.24. The van der Waals surface area contributed by atoms with E-state index in [-0.39, 0.29) is 0 Å². The van der Waals surface area contributed by atoms with Crippen molar-refractivity contribution in [1.82, 2.24) is 19.9 Å². The second-order valence-corrected chi connectivity index (χ2v) is 14.4. The number of fused-ring (bicyclic) bond motifs is 3. The molecule has 0 N–H and O–H groups in total. The van der Waals surface area contributed by atoms with Crippen LogP contribution in [0.3, 0.4) is 0 Å². The van der Waals surface area contributed by atoms with E-state index in [0.29, 0.717) is 17.5 Å². The number of hydrogen-bond donors (Lipinski definition) is 0. The summed E-state index contributed by atoms with van der Waals surface area (Å²) in [7, 11) is 0. The smallest absolute Gasteiger partial charge is 0.164 e. The molecule has 0 bridgehead atoms. The molecule has 0 fully saturated rings. The van der Waals surface area contributed by atoms with Crippen molar-refractivity contribution in [2.45, 2.75) is 0 Å². The first-order valence-corrected chi connectivity index (χ1v) is 19.1. The zero-order valence-electron chi connectivity index (χ0n) is 29.7. The Morgan fingerprint density at radius 1 is 0.309 bits per heavy atom. The third kappa shape index (κ3) is 6.17. The van der Waals surface area contributed by atoms with E-state index < -0.39 is 0 Å². The Morgan fingerprint density at radius 2 is 0.709 bits per heavy atom. The van der Waals surface area contributed by atoms with Crippen LogP contribution in [0, 0.1) is 0 Å². The fraction of sp³-hybridized carbons (Fsp3) is 0. The van der Waals surface area contributed by atoms with Gasteiger partial charge in [-0.1, -0.05) is 188 Å². The molecule has 0 aliphatic heterocycles. The summed E-state index contributed by atoms with van der Waals surface area (Å²) in [5.74, 6) is 1.94. The lowest BCUT2D eigenvalue weighted by Gasteiger charge is -2.12. The second-order valence-electron chi connectivity index (χ2n) is 13.4. The highest BCUT2D eigenvalue weighted by atomic mass is 32.1. The number of rotatable bonds is 7. The summed E-state index contributed by atoms with van der Waals surface area (Å²) < 4.78 is 1.25. The lowest BCUT2D eigenvalue weighted by molar-refractivity contribution is 1.07. The molecule has 0 saturated heterocycles. The maximum atomic E-state index is 5.30. The van der Waals surface area contributed by atoms with E-state index in [1.165, 1.54) is 31.5 Å². The number of para-hydroxylation sites is 1. The zero-order valence-corrected chi connectivity index (χ0v) is 30.5. The monoisotopic (exact) mass is 720 g/mol. The van der Waals surface area contributed by atoms with Crippen molar-refractivity contribution in [3.63, 3.8) is 0 Å². The fourth-order valence-corrected chi connectivity index (χ4v) is 8.60. The molecule has 0 amide bonds. The SMILES string of the molecule is c1ccc(-c2nc(-c3ccccc3)nc(-c3ccc(-c4ccc(-c5c(-c6ccccc6)sc6c5c(-c5ccccc5)nc5ccccc56)cc4)cc3)n2)cc1. The minimum Gasteiger partial charge on any atom is -0.247 e. The van der Waals surface area contributed by atoms with Gasteiger partial charge in [0.15, 0.2) is 17.5 Å². The maximum Gasteiger partial charge on any atom is 0.164 e. The Hall–Kier alpha value is -7.08. The normalized spacial score (nSPS) is 11.3. The summed E-state index contributed by atoms with van der Waals surface area (Å²) in [5.41, 5.74) is 11.8. The highest BCUT2D eigenvalue weighted by Crippen LogP contribution is 2.50. The third-order valence-electron chi connectivity index (χ3n) is 9.96. The average Bonchev–Trinajstić information content (AvgIpc) is 3.68. The van der Waals surface area contributed by atoms with Crippen molar-refractivity contribution in [2.75, 3.05) is 0 Å². The molecule has 5 heteroatoms. The molecule has 258 valence electrons. The summed E-state index contributed by atoms with van der Waals surface area (Å²) in [6, 6.07) is 67.4. The molecule has 0 aliphatic rings. The van der Waals surface area contributed by atoms with E-state index in [2.05, 4.69) is 133 Å². The van der Waals surface area contributed by atoms with Crippen LogP contribution in [0.4, 0.5) is 0 Å². The molecule has 55 heavy (non-hydrogen) atoms. The summed E-state index contributed by atoms with van der Waals surface area (Å²) in [6.07, 6.45) is 0. The van der Waals surface area contributed by atoms with Gasteiger partial charge in [0.2, 0.25) is 0 Å². The lowest BCUT2D eigenvalue weighted by Crippen LogP contribution is -2.00. The first-order valence-electron chi connectivity index (χ1n) is 18.3. The average molecular weight is 721 g/mol. The van der Waals surface area contributed by atoms with Gasteiger partial charge in [-0.05, 0) is 28.3 Å². The number of thiophene rings is 1. The molecule has 0 unspecified atom stereocenters. The molecule has 0 saturated carbocycles. The quantitative estimate of drug-likeness (QED) is 0.164. The van der Waals surface area contributed by atoms with Crippen LogP contribution in [0.5, 0.6) is 0 Å². The van der Waals surface area contributed by atoms with E-state index in [1.807, 2.05) is 72.0 Å². The predicted molar refractivity (Wildman–Crippen MR) is 229 cm³/mol. The molecule has 10 aromatic rings. The second kappa shape index (κ2) is 14.0. The standard InChI is InChI=1S/C50H32N4S/c1-5-15-36(16-6-1)45-44-43(46(37-17-7-2-8-18-37)55-47(44)41-23-13-14-24-42(41)51-45)35-29-25-33(26-30-35)34-27-31-40(32-28-34)50-53-48(38-19-9-3-10-20-38)52-49(54-50)39-21-11-4-12-22-39/h1-32H. The third-order valence-corrected chi connectivity index (χ3v) is 11.2. The van der Waals surface area contributed by atoms with E-state index >= 15 is 0 Å². The van der Waals surface area contributed by atoms with Crippen LogP contribution in [0.1, 0.15) is 0 Å². The Kier molecular flexibility index (Phi) is 8.32. The van der Waals surface area contributed by atoms with E-state index in [4.69, 9.17) is 19.9 Å². The van der Waals surface area contributed by atoms with Crippen LogP contribution in [0.25, 0.3) is 99.1 Å². The Bertz CT molecular complexity index is 2870. The van der Waals surface area contributed by atoms with Gasteiger partial charge in [-0.25, -0.2) is 19.9 Å². The van der Waals surface area contributed by atoms with Crippen LogP contribution in [-0.2, 0) is 0 Å². The van der Waals surface area contributed by atoms with Crippen molar-refractivity contribution in [3.8, 4) is 78.1 Å². The molecule has 7 aromatic carbocycles. The zero-order chi connectivity index (χ0) is 36.6. The van der Waals surface area contributed by atoms with E-state index in [0.717, 1.165) is 50.2 Å². The van der Waals surface area contributed by atoms with Gasteiger partial charge >= 0.3 is 0 Å². The summed E-state index contributed by atoms with van der Waals surface area (Å²) in [5, 5.41) is 2.36.